The lowest BCUT2D eigenvalue weighted by Crippen LogP contribution is -2.05. The number of aliphatic carboxylic acids is 1. The fourth-order valence-corrected chi connectivity index (χ4v) is 2.49. The van der Waals surface area contributed by atoms with Gasteiger partial charge in [-0.3, -0.25) is 14.9 Å². The molecule has 0 saturated carbocycles. The summed E-state index contributed by atoms with van der Waals surface area (Å²) in [4.78, 5) is 21.5. The molecule has 21 heavy (non-hydrogen) atoms. The third kappa shape index (κ3) is 2.94. The smallest absolute Gasteiger partial charge is 0.307 e. The van der Waals surface area contributed by atoms with E-state index >= 15 is 0 Å². The van der Waals surface area contributed by atoms with E-state index in [-0.39, 0.29) is 12.1 Å². The maximum Gasteiger partial charge on any atom is 0.307 e. The summed E-state index contributed by atoms with van der Waals surface area (Å²) in [5, 5.41) is 24.3. The van der Waals surface area contributed by atoms with Crippen molar-refractivity contribution in [2.45, 2.75) is 20.3 Å². The SMILES string of the molecule is Cc1nn(-c2cc(Br)ccc2[N+](=O)[O-])c(C)c1CC(=O)O. The van der Waals surface area contributed by atoms with Crippen LogP contribution in [0.15, 0.2) is 22.7 Å². The standard InChI is InChI=1S/C13H12BrN3O4/c1-7-10(6-13(18)19)8(2)16(15-7)12-5-9(14)3-4-11(12)17(20)21/h3-5H,6H2,1-2H3,(H,18,19). The van der Waals surface area contributed by atoms with E-state index in [0.717, 1.165) is 0 Å². The molecule has 1 aromatic carbocycles. The van der Waals surface area contributed by atoms with Gasteiger partial charge in [-0.1, -0.05) is 15.9 Å². The molecule has 1 heterocycles. The van der Waals surface area contributed by atoms with Crippen molar-refractivity contribution in [2.24, 2.45) is 0 Å². The molecule has 1 N–H and O–H groups in total. The Labute approximate surface area is 128 Å². The molecule has 0 fully saturated rings. The van der Waals surface area contributed by atoms with Crippen LogP contribution in [-0.2, 0) is 11.2 Å². The van der Waals surface area contributed by atoms with Crippen molar-refractivity contribution in [3.63, 3.8) is 0 Å². The number of hydrogen-bond acceptors (Lipinski definition) is 4. The molecule has 0 saturated heterocycles. The summed E-state index contributed by atoms with van der Waals surface area (Å²) in [7, 11) is 0. The van der Waals surface area contributed by atoms with E-state index in [4.69, 9.17) is 5.11 Å². The second-order valence-electron chi connectivity index (χ2n) is 4.52. The van der Waals surface area contributed by atoms with Gasteiger partial charge >= 0.3 is 5.97 Å². The molecule has 0 atom stereocenters. The number of carboxylic acid groups (broad SMARTS) is 1. The fourth-order valence-electron chi connectivity index (χ4n) is 2.14. The molecule has 1 aromatic heterocycles. The van der Waals surface area contributed by atoms with E-state index < -0.39 is 10.9 Å². The number of benzene rings is 1. The number of rotatable bonds is 4. The van der Waals surface area contributed by atoms with Gasteiger partial charge in [0.1, 0.15) is 5.69 Å². The average molecular weight is 354 g/mol. The lowest BCUT2D eigenvalue weighted by atomic mass is 10.1. The van der Waals surface area contributed by atoms with Crippen LogP contribution in [0, 0.1) is 24.0 Å². The van der Waals surface area contributed by atoms with Gasteiger partial charge in [0.05, 0.1) is 17.0 Å². The van der Waals surface area contributed by atoms with Gasteiger partial charge < -0.3 is 5.11 Å². The second-order valence-corrected chi connectivity index (χ2v) is 5.44. The summed E-state index contributed by atoms with van der Waals surface area (Å²) in [6.45, 7) is 3.38. The molecule has 7 nitrogen and oxygen atoms in total. The van der Waals surface area contributed by atoms with Crippen molar-refractivity contribution in [1.82, 2.24) is 9.78 Å². The number of aromatic nitrogens is 2. The average Bonchev–Trinajstić information content (AvgIpc) is 2.65. The van der Waals surface area contributed by atoms with Crippen LogP contribution in [0.1, 0.15) is 17.0 Å². The summed E-state index contributed by atoms with van der Waals surface area (Å²) in [6, 6.07) is 4.54. The van der Waals surface area contributed by atoms with Crippen LogP contribution in [0.25, 0.3) is 5.69 Å². The molecule has 0 aliphatic heterocycles. The van der Waals surface area contributed by atoms with Gasteiger partial charge in [0, 0.05) is 21.8 Å². The van der Waals surface area contributed by atoms with Crippen LogP contribution < -0.4 is 0 Å². The van der Waals surface area contributed by atoms with Gasteiger partial charge in [0.15, 0.2) is 0 Å². The highest BCUT2D eigenvalue weighted by atomic mass is 79.9. The Morgan fingerprint density at radius 2 is 2.14 bits per heavy atom. The van der Waals surface area contributed by atoms with E-state index in [1.54, 1.807) is 26.0 Å². The Balaban J connectivity index is 2.65. The number of carbonyl (C=O) groups is 1. The minimum absolute atomic E-state index is 0.0920. The first-order chi connectivity index (χ1) is 9.81. The number of nitro groups is 1. The van der Waals surface area contributed by atoms with Crippen LogP contribution >= 0.6 is 15.9 Å². The molecule has 0 radical (unpaired) electrons. The Hall–Kier alpha value is -2.22. The van der Waals surface area contributed by atoms with Crippen LogP contribution in [0.2, 0.25) is 0 Å². The summed E-state index contributed by atoms with van der Waals surface area (Å²) >= 11 is 3.28. The van der Waals surface area contributed by atoms with Gasteiger partial charge in [-0.25, -0.2) is 4.68 Å². The van der Waals surface area contributed by atoms with E-state index in [2.05, 4.69) is 21.0 Å². The maximum absolute atomic E-state index is 11.1. The highest BCUT2D eigenvalue weighted by molar-refractivity contribution is 9.10. The molecule has 2 rings (SSSR count). The quantitative estimate of drug-likeness (QED) is 0.672. The Morgan fingerprint density at radius 3 is 2.71 bits per heavy atom. The zero-order valence-corrected chi connectivity index (χ0v) is 12.9. The summed E-state index contributed by atoms with van der Waals surface area (Å²) in [6.07, 6.45) is -0.167. The highest BCUT2D eigenvalue weighted by Crippen LogP contribution is 2.28. The number of nitrogens with zero attached hydrogens (tertiary/aromatic N) is 3. The van der Waals surface area contributed by atoms with Crippen molar-refractivity contribution < 1.29 is 14.8 Å². The van der Waals surface area contributed by atoms with Crippen molar-refractivity contribution in [3.8, 4) is 5.69 Å². The molecule has 8 heteroatoms. The van der Waals surface area contributed by atoms with Gasteiger partial charge in [0.2, 0.25) is 0 Å². The van der Waals surface area contributed by atoms with E-state index in [0.29, 0.717) is 27.1 Å². The van der Waals surface area contributed by atoms with Crippen molar-refractivity contribution in [3.05, 3.63) is 49.7 Å². The van der Waals surface area contributed by atoms with Crippen LogP contribution in [-0.4, -0.2) is 25.8 Å². The first-order valence-electron chi connectivity index (χ1n) is 6.02. The van der Waals surface area contributed by atoms with Gasteiger partial charge in [-0.15, -0.1) is 0 Å². The summed E-state index contributed by atoms with van der Waals surface area (Å²) in [5.41, 5.74) is 1.90. The predicted octanol–water partition coefficient (Wildman–Crippen LogP) is 2.79. The zero-order valence-electron chi connectivity index (χ0n) is 11.3. The van der Waals surface area contributed by atoms with E-state index in [9.17, 15) is 14.9 Å². The minimum Gasteiger partial charge on any atom is -0.481 e. The van der Waals surface area contributed by atoms with Crippen LogP contribution in [0.4, 0.5) is 5.69 Å². The molecular formula is C13H12BrN3O4. The highest BCUT2D eigenvalue weighted by Gasteiger charge is 2.21. The monoisotopic (exact) mass is 353 g/mol. The molecule has 0 unspecified atom stereocenters. The molecular weight excluding hydrogens is 342 g/mol. The Bertz CT molecular complexity index is 739. The third-order valence-electron chi connectivity index (χ3n) is 3.13. The van der Waals surface area contributed by atoms with Crippen LogP contribution in [0.5, 0.6) is 0 Å². The number of halogens is 1. The largest absolute Gasteiger partial charge is 0.481 e. The molecule has 2 aromatic rings. The Kier molecular flexibility index (Phi) is 4.08. The van der Waals surface area contributed by atoms with Crippen molar-refractivity contribution in [2.75, 3.05) is 0 Å². The van der Waals surface area contributed by atoms with Crippen molar-refractivity contribution >= 4 is 27.6 Å². The van der Waals surface area contributed by atoms with Gasteiger partial charge in [0.25, 0.3) is 5.69 Å². The van der Waals surface area contributed by atoms with Crippen LogP contribution in [0.3, 0.4) is 0 Å². The first kappa shape index (κ1) is 15.2. The third-order valence-corrected chi connectivity index (χ3v) is 3.62. The molecule has 110 valence electrons. The van der Waals surface area contributed by atoms with Gasteiger partial charge in [-0.05, 0) is 26.0 Å². The molecule has 0 bridgehead atoms. The summed E-state index contributed by atoms with van der Waals surface area (Å²) < 4.78 is 2.09. The lowest BCUT2D eigenvalue weighted by Gasteiger charge is -2.06. The topological polar surface area (TPSA) is 98.3 Å². The van der Waals surface area contributed by atoms with E-state index in [1.807, 2.05) is 0 Å². The summed E-state index contributed by atoms with van der Waals surface area (Å²) in [5.74, 6) is -0.968. The Morgan fingerprint density at radius 1 is 1.48 bits per heavy atom. The number of nitro benzene ring substituents is 1. The van der Waals surface area contributed by atoms with Crippen molar-refractivity contribution in [1.29, 1.82) is 0 Å². The number of hydrogen-bond donors (Lipinski definition) is 1. The van der Waals surface area contributed by atoms with Gasteiger partial charge in [-0.2, -0.15) is 5.10 Å². The molecule has 0 aliphatic rings. The van der Waals surface area contributed by atoms with E-state index in [1.165, 1.54) is 10.7 Å². The first-order valence-corrected chi connectivity index (χ1v) is 6.81. The minimum atomic E-state index is -0.968. The number of aryl methyl sites for hydroxylation is 1. The number of carboxylic acids is 1. The normalized spacial score (nSPS) is 10.6. The molecule has 0 spiro atoms. The molecule has 0 aliphatic carbocycles. The predicted molar refractivity (Wildman–Crippen MR) is 78.7 cm³/mol. The molecule has 0 amide bonds. The lowest BCUT2D eigenvalue weighted by molar-refractivity contribution is -0.384. The second kappa shape index (κ2) is 5.65. The zero-order chi connectivity index (χ0) is 15.7. The maximum atomic E-state index is 11.1. The fraction of sp³-hybridized carbons (Fsp3) is 0.231.